The molecule has 0 heterocycles. The highest BCUT2D eigenvalue weighted by Gasteiger charge is 2.23. The Balaban J connectivity index is 4.80. The molecule has 0 rings (SSSR count). The van der Waals surface area contributed by atoms with Crippen molar-refractivity contribution in [3.05, 3.63) is 36.5 Å². The number of nitrogens with zero attached hydrogens (tertiary/aromatic N) is 1. The third-order valence-corrected chi connectivity index (χ3v) is 6.31. The number of phosphoric ester groups is 1. The average Bonchev–Trinajstić information content (AvgIpc) is 2.79. The first kappa shape index (κ1) is 34.7. The Morgan fingerprint density at radius 3 is 2.17 bits per heavy atom. The molecule has 0 aromatic rings. The molecule has 8 nitrogen and oxygen atoms in total. The van der Waals surface area contributed by atoms with E-state index in [0.29, 0.717) is 17.4 Å². The Kier molecular flexibility index (Phi) is 20.0. The molecule has 0 saturated carbocycles. The molecule has 0 aromatic carbocycles. The molecule has 0 radical (unpaired) electrons. The third kappa shape index (κ3) is 22.0. The van der Waals surface area contributed by atoms with Crippen molar-refractivity contribution >= 4 is 13.7 Å². The van der Waals surface area contributed by atoms with Crippen LogP contribution in [-0.2, 0) is 18.4 Å². The number of phosphoric acid groups is 1. The maximum atomic E-state index is 12.4. The van der Waals surface area contributed by atoms with E-state index in [-0.39, 0.29) is 12.5 Å². The van der Waals surface area contributed by atoms with Crippen LogP contribution in [0.3, 0.4) is 0 Å². The summed E-state index contributed by atoms with van der Waals surface area (Å²) >= 11 is 0. The van der Waals surface area contributed by atoms with E-state index < -0.39 is 26.6 Å². The quantitative estimate of drug-likeness (QED) is 0.0913. The molecule has 3 atom stereocenters. The molecule has 0 aliphatic heterocycles. The van der Waals surface area contributed by atoms with E-state index in [2.05, 4.69) is 43.5 Å². The zero-order valence-corrected chi connectivity index (χ0v) is 24.1. The monoisotopic (exact) mass is 530 g/mol. The summed E-state index contributed by atoms with van der Waals surface area (Å²) in [6.45, 7) is 4.29. The standard InChI is InChI=1S/C27H51N2O6P/c1-6-8-10-12-13-14-15-16-17-18-20-26(30)25(28-27(31)21-19-11-9-7-2)24-35-36(32,33)34-23-22-29(3,4)5/h8,10,14-15,18,20,25-26,30H,6-7,9,11-13,16-17,19,21-24H2,1-5H3,(H-,28,31,32,33)/b10-8+,15-14+,20-18+. The number of quaternary nitrogens is 1. The topological polar surface area (TPSA) is 108 Å². The van der Waals surface area contributed by atoms with Crippen LogP contribution in [0.4, 0.5) is 0 Å². The zero-order chi connectivity index (χ0) is 27.3. The SMILES string of the molecule is CC/C=C/CC/C=C/CC/C=C/C(O)C(COP(=O)([O-])OCC[N+](C)(C)C)NC(=O)CCCCCC. The van der Waals surface area contributed by atoms with Crippen LogP contribution in [0, 0.1) is 0 Å². The van der Waals surface area contributed by atoms with Crippen molar-refractivity contribution in [1.29, 1.82) is 0 Å². The molecular weight excluding hydrogens is 479 g/mol. The fourth-order valence-corrected chi connectivity index (χ4v) is 3.85. The van der Waals surface area contributed by atoms with Crippen LogP contribution in [0.1, 0.15) is 78.1 Å². The Bertz CT molecular complexity index is 703. The largest absolute Gasteiger partial charge is 0.756 e. The van der Waals surface area contributed by atoms with Crippen molar-refractivity contribution in [2.45, 2.75) is 90.2 Å². The molecule has 2 N–H and O–H groups in total. The number of unbranched alkanes of at least 4 members (excludes halogenated alkanes) is 5. The van der Waals surface area contributed by atoms with Gasteiger partial charge in [0, 0.05) is 6.42 Å². The molecule has 0 fully saturated rings. The molecule has 3 unspecified atom stereocenters. The van der Waals surface area contributed by atoms with Crippen molar-refractivity contribution in [1.82, 2.24) is 5.32 Å². The second kappa shape index (κ2) is 20.7. The fourth-order valence-electron chi connectivity index (χ4n) is 3.13. The van der Waals surface area contributed by atoms with Gasteiger partial charge in [-0.05, 0) is 38.5 Å². The molecule has 0 aliphatic carbocycles. The Morgan fingerprint density at radius 1 is 0.972 bits per heavy atom. The van der Waals surface area contributed by atoms with Crippen LogP contribution in [0.15, 0.2) is 36.5 Å². The highest BCUT2D eigenvalue weighted by Crippen LogP contribution is 2.38. The van der Waals surface area contributed by atoms with Gasteiger partial charge in [0.25, 0.3) is 7.82 Å². The maximum absolute atomic E-state index is 12.4. The van der Waals surface area contributed by atoms with Crippen LogP contribution in [0.5, 0.6) is 0 Å². The van der Waals surface area contributed by atoms with Gasteiger partial charge >= 0.3 is 0 Å². The first-order chi connectivity index (χ1) is 17.0. The number of likely N-dealkylation sites (N-methyl/N-ethyl adjacent to an activating group) is 1. The number of nitrogens with one attached hydrogen (secondary N) is 1. The second-order valence-electron chi connectivity index (χ2n) is 10.00. The molecule has 0 aromatic heterocycles. The van der Waals surface area contributed by atoms with E-state index >= 15 is 0 Å². The molecular formula is C27H51N2O6P. The smallest absolute Gasteiger partial charge is 0.268 e. The van der Waals surface area contributed by atoms with Gasteiger partial charge in [0.1, 0.15) is 13.2 Å². The Hall–Kier alpha value is -1.28. The molecule has 0 aliphatic rings. The maximum Gasteiger partial charge on any atom is 0.268 e. The number of aliphatic hydroxyl groups is 1. The number of carbonyl (C=O) groups excluding carboxylic acids is 1. The summed E-state index contributed by atoms with van der Waals surface area (Å²) in [6.07, 6.45) is 19.7. The summed E-state index contributed by atoms with van der Waals surface area (Å²) in [5.74, 6) is -0.237. The van der Waals surface area contributed by atoms with Gasteiger partial charge in [0.05, 0.1) is 39.9 Å². The zero-order valence-electron chi connectivity index (χ0n) is 23.2. The summed E-state index contributed by atoms with van der Waals surface area (Å²) in [5.41, 5.74) is 0. The van der Waals surface area contributed by atoms with E-state index in [1.165, 1.54) is 0 Å². The van der Waals surface area contributed by atoms with E-state index in [0.717, 1.165) is 57.8 Å². The number of hydrogen-bond acceptors (Lipinski definition) is 6. The predicted octanol–water partition coefficient (Wildman–Crippen LogP) is 4.65. The average molecular weight is 531 g/mol. The first-order valence-corrected chi connectivity index (χ1v) is 14.8. The third-order valence-electron chi connectivity index (χ3n) is 5.34. The summed E-state index contributed by atoms with van der Waals surface area (Å²) < 4.78 is 22.7. The van der Waals surface area contributed by atoms with Gasteiger partial charge in [-0.3, -0.25) is 9.36 Å². The number of aliphatic hydroxyl groups excluding tert-OH is 1. The van der Waals surface area contributed by atoms with Gasteiger partial charge in [-0.15, -0.1) is 0 Å². The van der Waals surface area contributed by atoms with Gasteiger partial charge in [0.2, 0.25) is 5.91 Å². The van der Waals surface area contributed by atoms with Crippen molar-refractivity contribution in [2.75, 3.05) is 40.9 Å². The fraction of sp³-hybridized carbons (Fsp3) is 0.741. The number of carbonyl (C=O) groups is 1. The van der Waals surface area contributed by atoms with Crippen LogP contribution < -0.4 is 10.2 Å². The van der Waals surface area contributed by atoms with E-state index in [1.54, 1.807) is 6.08 Å². The van der Waals surface area contributed by atoms with E-state index in [1.807, 2.05) is 27.2 Å². The molecule has 0 saturated heterocycles. The van der Waals surface area contributed by atoms with Crippen LogP contribution in [-0.4, -0.2) is 68.5 Å². The minimum Gasteiger partial charge on any atom is -0.756 e. The van der Waals surface area contributed by atoms with Crippen molar-refractivity contribution in [2.24, 2.45) is 0 Å². The lowest BCUT2D eigenvalue weighted by atomic mass is 10.1. The molecule has 1 amide bonds. The predicted molar refractivity (Wildman–Crippen MR) is 145 cm³/mol. The van der Waals surface area contributed by atoms with Crippen LogP contribution in [0.2, 0.25) is 0 Å². The molecule has 0 bridgehead atoms. The molecule has 9 heteroatoms. The van der Waals surface area contributed by atoms with Gasteiger partial charge < -0.3 is 28.8 Å². The Morgan fingerprint density at radius 2 is 1.58 bits per heavy atom. The van der Waals surface area contributed by atoms with Crippen LogP contribution in [0.25, 0.3) is 0 Å². The van der Waals surface area contributed by atoms with Gasteiger partial charge in [-0.2, -0.15) is 0 Å². The lowest BCUT2D eigenvalue weighted by molar-refractivity contribution is -0.870. The van der Waals surface area contributed by atoms with E-state index in [4.69, 9.17) is 9.05 Å². The summed E-state index contributed by atoms with van der Waals surface area (Å²) in [6, 6.07) is -0.898. The lowest BCUT2D eigenvalue weighted by Gasteiger charge is -2.29. The number of amides is 1. The summed E-state index contributed by atoms with van der Waals surface area (Å²) in [5, 5.41) is 13.4. The highest BCUT2D eigenvalue weighted by atomic mass is 31.2. The normalized spacial score (nSPS) is 16.1. The minimum atomic E-state index is -4.56. The lowest BCUT2D eigenvalue weighted by Crippen LogP contribution is -2.45. The van der Waals surface area contributed by atoms with Crippen molar-refractivity contribution < 1.29 is 32.9 Å². The number of rotatable bonds is 22. The van der Waals surface area contributed by atoms with Gasteiger partial charge in [-0.25, -0.2) is 0 Å². The first-order valence-electron chi connectivity index (χ1n) is 13.4. The van der Waals surface area contributed by atoms with Gasteiger partial charge in [0.15, 0.2) is 0 Å². The van der Waals surface area contributed by atoms with E-state index in [9.17, 15) is 19.4 Å². The molecule has 210 valence electrons. The number of hydrogen-bond donors (Lipinski definition) is 2. The minimum absolute atomic E-state index is 0.0103. The molecule has 0 spiro atoms. The van der Waals surface area contributed by atoms with Crippen molar-refractivity contribution in [3.8, 4) is 0 Å². The second-order valence-corrected chi connectivity index (χ2v) is 11.4. The number of allylic oxidation sites excluding steroid dienone is 5. The van der Waals surface area contributed by atoms with Gasteiger partial charge in [-0.1, -0.05) is 69.6 Å². The summed E-state index contributed by atoms with van der Waals surface area (Å²) in [7, 11) is 1.22. The van der Waals surface area contributed by atoms with Crippen molar-refractivity contribution in [3.63, 3.8) is 0 Å². The highest BCUT2D eigenvalue weighted by molar-refractivity contribution is 7.45. The Labute approximate surface area is 219 Å². The van der Waals surface area contributed by atoms with Crippen LogP contribution >= 0.6 is 7.82 Å². The molecule has 36 heavy (non-hydrogen) atoms. The summed E-state index contributed by atoms with van der Waals surface area (Å²) in [4.78, 5) is 24.5.